The van der Waals surface area contributed by atoms with Crippen molar-refractivity contribution in [2.75, 3.05) is 6.54 Å². The van der Waals surface area contributed by atoms with Gasteiger partial charge in [0.25, 0.3) is 0 Å². The Morgan fingerprint density at radius 2 is 2.06 bits per heavy atom. The molecule has 1 aliphatic carbocycles. The molecule has 0 aromatic carbocycles. The molecule has 0 bridgehead atoms. The van der Waals surface area contributed by atoms with Crippen LogP contribution < -0.4 is 16.4 Å². The summed E-state index contributed by atoms with van der Waals surface area (Å²) < 4.78 is 0. The van der Waals surface area contributed by atoms with Gasteiger partial charge in [-0.15, -0.1) is 19.0 Å². The summed E-state index contributed by atoms with van der Waals surface area (Å²) in [5, 5.41) is 19.0. The van der Waals surface area contributed by atoms with E-state index in [2.05, 4.69) is 24.1 Å². The molecule has 0 aliphatic heterocycles. The van der Waals surface area contributed by atoms with Gasteiger partial charge in [-0.1, -0.05) is 19.4 Å². The van der Waals surface area contributed by atoms with E-state index in [4.69, 9.17) is 16.6 Å². The summed E-state index contributed by atoms with van der Waals surface area (Å²) in [5.74, 6) is 0.778. The molecule has 1 saturated carbocycles. The maximum atomic E-state index is 7.15. The van der Waals surface area contributed by atoms with E-state index >= 15 is 0 Å². The van der Waals surface area contributed by atoms with E-state index in [1.165, 1.54) is 12.8 Å². The first-order valence-electron chi connectivity index (χ1n) is 5.66. The van der Waals surface area contributed by atoms with Gasteiger partial charge < -0.3 is 11.1 Å². The molecule has 0 saturated heterocycles. The Kier molecular flexibility index (Phi) is 12.0. The lowest BCUT2D eigenvalue weighted by Gasteiger charge is -2.06. The molecule has 0 unspecified atom stereocenters. The highest BCUT2D eigenvalue weighted by Crippen LogP contribution is 2.28. The fraction of sp³-hybridized carbons (Fsp3) is 0.636. The minimum absolute atomic E-state index is 0. The first-order valence-corrected chi connectivity index (χ1v) is 5.66. The standard InChI is InChI=1S/C6H15N5.C5H8.ClH/c1-2-3-4-10-6(9)11-5(7)8;1-2-5-3-4-5;/h2-4H2,1H3,(H6,7,8,9,10,11);2,5H,1,3-4H2;1H. The lowest BCUT2D eigenvalue weighted by molar-refractivity contribution is 0.744. The van der Waals surface area contributed by atoms with Gasteiger partial charge in [-0.2, -0.15) is 0 Å². The zero-order valence-corrected chi connectivity index (χ0v) is 11.2. The van der Waals surface area contributed by atoms with Crippen molar-refractivity contribution in [3.8, 4) is 0 Å². The molecule has 0 aromatic heterocycles. The highest BCUT2D eigenvalue weighted by atomic mass is 35.5. The number of guanidine groups is 2. The topological polar surface area (TPSA) is 97.8 Å². The second kappa shape index (κ2) is 11.3. The van der Waals surface area contributed by atoms with Gasteiger partial charge >= 0.3 is 0 Å². The summed E-state index contributed by atoms with van der Waals surface area (Å²) in [6.07, 6.45) is 6.91. The highest BCUT2D eigenvalue weighted by molar-refractivity contribution is 5.94. The fourth-order valence-electron chi connectivity index (χ4n) is 0.901. The SMILES string of the molecule is C=CC1CC1.CCCCNC(=N)NC(=N)N.Cl. The van der Waals surface area contributed by atoms with Crippen molar-refractivity contribution in [2.45, 2.75) is 32.6 Å². The summed E-state index contributed by atoms with van der Waals surface area (Å²) in [6, 6.07) is 0. The van der Waals surface area contributed by atoms with Crippen LogP contribution in [0.15, 0.2) is 12.7 Å². The van der Waals surface area contributed by atoms with E-state index in [1.54, 1.807) is 0 Å². The van der Waals surface area contributed by atoms with Crippen molar-refractivity contribution in [1.29, 1.82) is 10.8 Å². The summed E-state index contributed by atoms with van der Waals surface area (Å²) in [6.45, 7) is 6.44. The Labute approximate surface area is 110 Å². The second-order valence-corrected chi connectivity index (χ2v) is 3.77. The van der Waals surface area contributed by atoms with Crippen LogP contribution in [-0.2, 0) is 0 Å². The number of allylic oxidation sites excluding steroid dienone is 1. The summed E-state index contributed by atoms with van der Waals surface area (Å²) in [4.78, 5) is 0. The normalized spacial score (nSPS) is 12.3. The molecule has 0 atom stereocenters. The average Bonchev–Trinajstić information content (AvgIpc) is 3.01. The molecule has 0 aromatic rings. The van der Waals surface area contributed by atoms with Crippen LogP contribution >= 0.6 is 12.4 Å². The first kappa shape index (κ1) is 18.1. The fourth-order valence-corrected chi connectivity index (χ4v) is 0.901. The van der Waals surface area contributed by atoms with Crippen molar-refractivity contribution in [1.82, 2.24) is 10.6 Å². The van der Waals surface area contributed by atoms with Crippen LogP contribution in [0.2, 0.25) is 0 Å². The second-order valence-electron chi connectivity index (χ2n) is 3.77. The number of unbranched alkanes of at least 4 members (excludes halogenated alkanes) is 1. The van der Waals surface area contributed by atoms with Crippen LogP contribution in [0.25, 0.3) is 0 Å². The van der Waals surface area contributed by atoms with Crippen molar-refractivity contribution in [2.24, 2.45) is 11.7 Å². The molecule has 0 heterocycles. The van der Waals surface area contributed by atoms with Gasteiger partial charge in [0.15, 0.2) is 11.9 Å². The molecule has 1 rings (SSSR count). The van der Waals surface area contributed by atoms with Gasteiger partial charge in [0.2, 0.25) is 0 Å². The van der Waals surface area contributed by atoms with E-state index in [0.29, 0.717) is 0 Å². The number of halogens is 1. The Hall–Kier alpha value is -1.23. The molecule has 0 spiro atoms. The quantitative estimate of drug-likeness (QED) is 0.231. The van der Waals surface area contributed by atoms with Crippen molar-refractivity contribution >= 4 is 24.3 Å². The van der Waals surface area contributed by atoms with Crippen molar-refractivity contribution < 1.29 is 0 Å². The third-order valence-corrected chi connectivity index (χ3v) is 2.05. The summed E-state index contributed by atoms with van der Waals surface area (Å²) in [5.41, 5.74) is 4.99. The van der Waals surface area contributed by atoms with Crippen LogP contribution in [0.5, 0.6) is 0 Å². The smallest absolute Gasteiger partial charge is 0.195 e. The zero-order valence-electron chi connectivity index (χ0n) is 10.4. The van der Waals surface area contributed by atoms with Crippen LogP contribution in [0.1, 0.15) is 32.6 Å². The molecule has 1 fully saturated rings. The van der Waals surface area contributed by atoms with Gasteiger partial charge in [0, 0.05) is 6.54 Å². The largest absolute Gasteiger partial charge is 0.370 e. The first-order chi connectivity index (χ1) is 7.60. The lowest BCUT2D eigenvalue weighted by atomic mass is 10.3. The third-order valence-electron chi connectivity index (χ3n) is 2.05. The van der Waals surface area contributed by atoms with Crippen molar-refractivity contribution in [3.63, 3.8) is 0 Å². The number of nitrogens with two attached hydrogens (primary N) is 1. The summed E-state index contributed by atoms with van der Waals surface area (Å²) in [7, 11) is 0. The maximum Gasteiger partial charge on any atom is 0.195 e. The summed E-state index contributed by atoms with van der Waals surface area (Å²) >= 11 is 0. The van der Waals surface area contributed by atoms with Gasteiger partial charge in [-0.3, -0.25) is 16.1 Å². The van der Waals surface area contributed by atoms with E-state index in [-0.39, 0.29) is 24.3 Å². The Bertz CT molecular complexity index is 238. The van der Waals surface area contributed by atoms with Crippen LogP contribution in [0.3, 0.4) is 0 Å². The molecule has 100 valence electrons. The van der Waals surface area contributed by atoms with E-state index in [1.807, 2.05) is 6.08 Å². The number of rotatable bonds is 4. The Morgan fingerprint density at radius 1 is 1.47 bits per heavy atom. The molecule has 0 amide bonds. The molecule has 5 nitrogen and oxygen atoms in total. The average molecular weight is 262 g/mol. The molecule has 1 aliphatic rings. The molecule has 6 N–H and O–H groups in total. The minimum Gasteiger partial charge on any atom is -0.370 e. The Balaban J connectivity index is 0. The molecule has 17 heavy (non-hydrogen) atoms. The predicted octanol–water partition coefficient (Wildman–Crippen LogP) is 1.80. The number of hydrogen-bond acceptors (Lipinski definition) is 2. The lowest BCUT2D eigenvalue weighted by Crippen LogP contribution is -2.43. The minimum atomic E-state index is -0.209. The van der Waals surface area contributed by atoms with Crippen LogP contribution in [0, 0.1) is 16.7 Å². The highest BCUT2D eigenvalue weighted by Gasteiger charge is 2.15. The van der Waals surface area contributed by atoms with Crippen molar-refractivity contribution in [3.05, 3.63) is 12.7 Å². The monoisotopic (exact) mass is 261 g/mol. The third kappa shape index (κ3) is 14.8. The van der Waals surface area contributed by atoms with E-state index < -0.39 is 0 Å². The molecule has 0 radical (unpaired) electrons. The van der Waals surface area contributed by atoms with Crippen LogP contribution in [0.4, 0.5) is 0 Å². The van der Waals surface area contributed by atoms with Gasteiger partial charge in [-0.25, -0.2) is 0 Å². The molecular weight excluding hydrogens is 238 g/mol. The molecular formula is C11H24ClN5. The van der Waals surface area contributed by atoms with Gasteiger partial charge in [0.1, 0.15) is 0 Å². The van der Waals surface area contributed by atoms with Gasteiger partial charge in [0.05, 0.1) is 0 Å². The number of hydrogen-bond donors (Lipinski definition) is 5. The Morgan fingerprint density at radius 3 is 2.35 bits per heavy atom. The van der Waals surface area contributed by atoms with Crippen LogP contribution in [-0.4, -0.2) is 18.5 Å². The number of nitrogens with one attached hydrogen (secondary N) is 4. The van der Waals surface area contributed by atoms with E-state index in [0.717, 1.165) is 25.3 Å². The predicted molar refractivity (Wildman–Crippen MR) is 75.9 cm³/mol. The van der Waals surface area contributed by atoms with E-state index in [9.17, 15) is 0 Å². The zero-order chi connectivity index (χ0) is 12.4. The maximum absolute atomic E-state index is 7.15. The molecule has 6 heteroatoms. The van der Waals surface area contributed by atoms with Gasteiger partial charge in [-0.05, 0) is 25.2 Å².